The van der Waals surface area contributed by atoms with E-state index in [4.69, 9.17) is 71.0 Å². The molecule has 0 amide bonds. The Morgan fingerprint density at radius 2 is 0.231 bits per heavy atom. The minimum atomic E-state index is 0. The van der Waals surface area contributed by atoms with Crippen molar-refractivity contribution in [2.75, 3.05) is 0 Å². The van der Waals surface area contributed by atoms with Crippen LogP contribution in [0.3, 0.4) is 0 Å². The third kappa shape index (κ3) is 891. The van der Waals surface area contributed by atoms with Gasteiger partial charge in [-0.1, -0.05) is 0 Å². The summed E-state index contributed by atoms with van der Waals surface area (Å²) in [6.45, 7) is 28.5. The monoisotopic (exact) mass is 1920 g/mol. The fraction of sp³-hybridized carbons (Fsp3) is 0. The van der Waals surface area contributed by atoms with E-state index in [1.807, 2.05) is 0 Å². The summed E-state index contributed by atoms with van der Waals surface area (Å²) in [6.07, 6.45) is 0. The second-order valence-corrected chi connectivity index (χ2v) is 0. The first-order chi connectivity index (χ1) is 6.00. The first-order valence-corrected chi connectivity index (χ1v) is 1.34. The van der Waals surface area contributed by atoms with Crippen LogP contribution < -0.4 is 0 Å². The summed E-state index contributed by atoms with van der Waals surface area (Å²) < 4.78 is 0. The fourth-order valence-corrected chi connectivity index (χ4v) is 0. The Labute approximate surface area is 323 Å². The van der Waals surface area contributed by atoms with Crippen molar-refractivity contribution in [2.45, 2.75) is 0 Å². The zero-order valence-electron chi connectivity index (χ0n) is 11.4. The first kappa shape index (κ1) is 229. The molecule has 0 N–H and O–H groups in total. The van der Waals surface area contributed by atoms with Gasteiger partial charge in [0.2, 0.25) is 0 Å². The van der Waals surface area contributed by atoms with Gasteiger partial charge in [-0.3, -0.25) is 0 Å². The van der Waals surface area contributed by atoms with Gasteiger partial charge >= 0.3 is 68.3 Å². The van der Waals surface area contributed by atoms with Crippen molar-refractivity contribution in [1.29, 1.82) is 31.6 Å². The average molecular weight is 1910 g/mol. The predicted molar refractivity (Wildman–Crippen MR) is 81.4 cm³/mol. The topological polar surface area (TPSA) is 143 Å². The van der Waals surface area contributed by atoms with Gasteiger partial charge in [0, 0.05) is 123 Å². The molecule has 0 rings (SSSR count). The van der Waals surface area contributed by atoms with Crippen LogP contribution in [0.15, 0.2) is 0 Å². The maximum atomic E-state index is 6.25. The summed E-state index contributed by atoms with van der Waals surface area (Å²) >= 11 is 0. The van der Waals surface area contributed by atoms with Crippen molar-refractivity contribution in [3.8, 4) is 0 Å². The van der Waals surface area contributed by atoms with Gasteiger partial charge < -0.3 is 139 Å². The molecule has 0 aliphatic rings. The Morgan fingerprint density at radius 3 is 0.231 bits per heavy atom. The van der Waals surface area contributed by atoms with Gasteiger partial charge in [0.25, 0.3) is 0 Å². The molecule has 0 aliphatic carbocycles. The summed E-state index contributed by atoms with van der Waals surface area (Å²) in [7, 11) is 0. The van der Waals surface area contributed by atoms with Crippen molar-refractivity contribution in [3.63, 3.8) is 0 Å². The quantitative estimate of drug-likeness (QED) is 0.182. The maximum absolute atomic E-state index is 6.25. The van der Waals surface area contributed by atoms with E-state index >= 15 is 0 Å². The molecule has 0 heterocycles. The zero-order chi connectivity index (χ0) is 12.0. The standard InChI is InChI=1S/6CN.6Re.4HSe.4Se/c6*1-2;;;;;;;;;;;;;;/h;;;;;;;;;;;;4*1H;;;;/q6*-1;;;;;;;;;;;4*-1. The molecule has 0 atom stereocenters. The summed E-state index contributed by atoms with van der Waals surface area (Å²) in [5.41, 5.74) is 0. The molecule has 0 fully saturated rings. The van der Waals surface area contributed by atoms with Gasteiger partial charge in [0.1, 0.15) is 0 Å². The molecule has 0 aromatic heterocycles. The predicted octanol–water partition coefficient (Wildman–Crippen LogP) is -3.55. The first-order valence-electron chi connectivity index (χ1n) is 1.34. The molecule has 6 nitrogen and oxygen atoms in total. The van der Waals surface area contributed by atoms with Crippen molar-refractivity contribution in [1.82, 2.24) is 0 Å². The van der Waals surface area contributed by atoms with Gasteiger partial charge in [-0.25, -0.2) is 0 Å². The molecule has 0 unspecified atom stereocenters. The van der Waals surface area contributed by atoms with E-state index in [1.165, 1.54) is 0 Å². The zero-order valence-corrected chi connectivity index (χ0v) is 42.0. The molecule has 26 heavy (non-hydrogen) atoms. The normalized spacial score (nSPS) is 0.462. The third-order valence-corrected chi connectivity index (χ3v) is 0. The van der Waals surface area contributed by atoms with E-state index in [1.54, 1.807) is 0 Å². The summed E-state index contributed by atoms with van der Waals surface area (Å²) in [5, 5.41) is 37.5. The number of hydrogen-bond donors (Lipinski definition) is 0. The van der Waals surface area contributed by atoms with Crippen LogP contribution in [0.25, 0.3) is 0 Å². The van der Waals surface area contributed by atoms with Crippen LogP contribution in [0.2, 0.25) is 0 Å². The van der Waals surface area contributed by atoms with Crippen molar-refractivity contribution < 1.29 is 123 Å². The van der Waals surface area contributed by atoms with Crippen LogP contribution in [0.1, 0.15) is 0 Å². The van der Waals surface area contributed by atoms with Crippen molar-refractivity contribution >= 4 is 137 Å². The van der Waals surface area contributed by atoms with E-state index in [2.05, 4.69) is 0 Å². The van der Waals surface area contributed by atoms with Crippen molar-refractivity contribution in [2.24, 2.45) is 0 Å². The van der Waals surface area contributed by atoms with E-state index in [9.17, 15) is 0 Å². The van der Waals surface area contributed by atoms with Gasteiger partial charge in [0.15, 0.2) is 0 Å². The Balaban J connectivity index is -0.000000000833. The van der Waals surface area contributed by atoms with E-state index in [0.29, 0.717) is 0 Å². The number of rotatable bonds is 0. The van der Waals surface area contributed by atoms with Crippen molar-refractivity contribution in [3.05, 3.63) is 39.4 Å². The molecule has 0 bridgehead atoms. The van der Waals surface area contributed by atoms with E-state index in [-0.39, 0.29) is 259 Å². The molecule has 0 aliphatic heterocycles. The number of nitrogens with zero attached hydrogens (tertiary/aromatic N) is 6. The van der Waals surface area contributed by atoms with Crippen LogP contribution in [-0.2, 0) is 123 Å². The van der Waals surface area contributed by atoms with Gasteiger partial charge in [-0.15, -0.1) is 0 Å². The van der Waals surface area contributed by atoms with Gasteiger partial charge in [0.05, 0.1) is 0 Å². The van der Waals surface area contributed by atoms with Crippen LogP contribution in [0, 0.1) is 71.0 Å². The van der Waals surface area contributed by atoms with E-state index in [0.717, 1.165) is 0 Å². The fourth-order valence-electron chi connectivity index (χ4n) is 0. The Kier molecular flexibility index (Phi) is 8720. The molecule has 0 spiro atoms. The second-order valence-electron chi connectivity index (χ2n) is 0. The molecule has 0 aromatic carbocycles. The van der Waals surface area contributed by atoms with Crippen LogP contribution >= 0.6 is 0 Å². The third-order valence-electron chi connectivity index (χ3n) is 0. The van der Waals surface area contributed by atoms with Crippen LogP contribution in [-0.4, -0.2) is 137 Å². The van der Waals surface area contributed by atoms with Gasteiger partial charge in [-0.05, 0) is 0 Å². The second kappa shape index (κ2) is 989. The molecule has 20 heteroatoms. The summed E-state index contributed by atoms with van der Waals surface area (Å²) in [6, 6.07) is 0. The average Bonchev–Trinajstić information content (AvgIpc) is 2.33. The summed E-state index contributed by atoms with van der Waals surface area (Å²) in [5.74, 6) is 0. The minimum absolute atomic E-state index is 0. The van der Waals surface area contributed by atoms with Gasteiger partial charge in [-0.2, -0.15) is 0 Å². The molecule has 14 radical (unpaired) electrons. The van der Waals surface area contributed by atoms with Crippen LogP contribution in [0.4, 0.5) is 0 Å². The molecular weight excluding hydrogens is 1910 g/mol. The van der Waals surface area contributed by atoms with Crippen LogP contribution in [0.5, 0.6) is 0 Å². The summed E-state index contributed by atoms with van der Waals surface area (Å²) in [4.78, 5) is 0. The molecule has 0 aromatic rings. The molecular formula is C6H4N6Re6Se8-10. The Morgan fingerprint density at radius 1 is 0.231 bits per heavy atom. The molecule has 158 valence electrons. The SMILES string of the molecule is [C-]#N.[C-]#N.[C-]#N.[C-]#N.[C-]#N.[C-]#N.[Re].[Re].[Re].[Re].[Re].[Re].[Se-].[Se-].[Se-].[Se-].[SeH].[SeH].[SeH].[SeH]. The van der Waals surface area contributed by atoms with E-state index < -0.39 is 0 Å². The molecule has 0 saturated carbocycles. The number of hydrogen-bond acceptors (Lipinski definition) is 6. The molecule has 0 saturated heterocycles. The Bertz CT molecular complexity index is 127. The Hall–Kier alpha value is 5.07.